The monoisotopic (exact) mass is 300 g/mol. The summed E-state index contributed by atoms with van der Waals surface area (Å²) in [6.07, 6.45) is -1.06. The van der Waals surface area contributed by atoms with Gasteiger partial charge in [0.25, 0.3) is 0 Å². The first kappa shape index (κ1) is 16.1. The topological polar surface area (TPSA) is 29.3 Å². The fourth-order valence-corrected chi connectivity index (χ4v) is 2.69. The van der Waals surface area contributed by atoms with E-state index in [1.54, 1.807) is 19.1 Å². The molecule has 1 fully saturated rings. The second kappa shape index (κ2) is 6.26. The highest BCUT2D eigenvalue weighted by Crippen LogP contribution is 2.41. The van der Waals surface area contributed by atoms with Gasteiger partial charge in [-0.15, -0.1) is 0 Å². The summed E-state index contributed by atoms with van der Waals surface area (Å²) < 4.78 is 40.2. The SMILES string of the molecule is CCCN(c1ccc(CC(C)N)cc1C(F)(F)F)C1CC1. The predicted octanol–water partition coefficient (Wildman–Crippen LogP) is 3.97. The van der Waals surface area contributed by atoms with Gasteiger partial charge in [0.1, 0.15) is 0 Å². The maximum absolute atomic E-state index is 13.4. The number of rotatable bonds is 6. The first-order chi connectivity index (χ1) is 9.82. The molecule has 0 aliphatic heterocycles. The number of halogens is 3. The Balaban J connectivity index is 2.39. The largest absolute Gasteiger partial charge is 0.418 e. The third-order valence-electron chi connectivity index (χ3n) is 3.69. The first-order valence-corrected chi connectivity index (χ1v) is 7.55. The molecule has 2 rings (SSSR count). The van der Waals surface area contributed by atoms with E-state index >= 15 is 0 Å². The minimum absolute atomic E-state index is 0.146. The summed E-state index contributed by atoms with van der Waals surface area (Å²) in [6.45, 7) is 4.46. The molecule has 0 bridgehead atoms. The quantitative estimate of drug-likeness (QED) is 0.861. The molecule has 21 heavy (non-hydrogen) atoms. The number of hydrogen-bond acceptors (Lipinski definition) is 2. The van der Waals surface area contributed by atoms with Crippen LogP contribution in [0.1, 0.15) is 44.2 Å². The summed E-state index contributed by atoms with van der Waals surface area (Å²) in [5, 5.41) is 0. The zero-order valence-corrected chi connectivity index (χ0v) is 12.6. The van der Waals surface area contributed by atoms with Gasteiger partial charge < -0.3 is 10.6 Å². The lowest BCUT2D eigenvalue weighted by atomic mass is 10.0. The number of nitrogens with zero attached hydrogens (tertiary/aromatic N) is 1. The van der Waals surface area contributed by atoms with E-state index in [0.29, 0.717) is 24.2 Å². The van der Waals surface area contributed by atoms with Crippen molar-refractivity contribution in [2.24, 2.45) is 5.73 Å². The Labute approximate surface area is 124 Å². The van der Waals surface area contributed by atoms with Crippen molar-refractivity contribution in [1.29, 1.82) is 0 Å². The van der Waals surface area contributed by atoms with Crippen molar-refractivity contribution in [2.45, 2.75) is 57.8 Å². The van der Waals surface area contributed by atoms with Gasteiger partial charge in [0.2, 0.25) is 0 Å². The van der Waals surface area contributed by atoms with E-state index in [1.807, 2.05) is 11.8 Å². The summed E-state index contributed by atoms with van der Waals surface area (Å²) in [5.41, 5.74) is 6.14. The van der Waals surface area contributed by atoms with Crippen LogP contribution >= 0.6 is 0 Å². The molecule has 0 saturated heterocycles. The zero-order valence-electron chi connectivity index (χ0n) is 12.6. The van der Waals surface area contributed by atoms with Crippen molar-refractivity contribution in [3.63, 3.8) is 0 Å². The molecule has 0 radical (unpaired) electrons. The van der Waals surface area contributed by atoms with Gasteiger partial charge in [0.05, 0.1) is 5.56 Å². The van der Waals surface area contributed by atoms with Crippen LogP contribution < -0.4 is 10.6 Å². The second-order valence-corrected chi connectivity index (χ2v) is 5.96. The van der Waals surface area contributed by atoms with Gasteiger partial charge in [-0.2, -0.15) is 13.2 Å². The molecule has 1 aliphatic carbocycles. The molecule has 1 atom stereocenters. The van der Waals surface area contributed by atoms with Crippen LogP contribution in [0.5, 0.6) is 0 Å². The van der Waals surface area contributed by atoms with Gasteiger partial charge in [-0.1, -0.05) is 13.0 Å². The molecule has 0 spiro atoms. The highest BCUT2D eigenvalue weighted by molar-refractivity contribution is 5.58. The van der Waals surface area contributed by atoms with Crippen molar-refractivity contribution < 1.29 is 13.2 Å². The molecule has 0 heterocycles. The van der Waals surface area contributed by atoms with Crippen LogP contribution in [0.3, 0.4) is 0 Å². The zero-order chi connectivity index (χ0) is 15.6. The number of hydrogen-bond donors (Lipinski definition) is 1. The maximum Gasteiger partial charge on any atom is 0.418 e. The van der Waals surface area contributed by atoms with Crippen LogP contribution in [0.4, 0.5) is 18.9 Å². The first-order valence-electron chi connectivity index (χ1n) is 7.55. The van der Waals surface area contributed by atoms with Gasteiger partial charge in [0, 0.05) is 24.3 Å². The van der Waals surface area contributed by atoms with Crippen LogP contribution in [0.2, 0.25) is 0 Å². The Bertz CT molecular complexity index is 479. The smallest absolute Gasteiger partial charge is 0.368 e. The fourth-order valence-electron chi connectivity index (χ4n) is 2.69. The number of nitrogens with two attached hydrogens (primary N) is 1. The van der Waals surface area contributed by atoms with Crippen LogP contribution in [-0.4, -0.2) is 18.6 Å². The van der Waals surface area contributed by atoms with Crippen LogP contribution in [0.25, 0.3) is 0 Å². The normalized spacial score (nSPS) is 16.9. The molecular weight excluding hydrogens is 277 g/mol. The van der Waals surface area contributed by atoms with E-state index in [2.05, 4.69) is 0 Å². The van der Waals surface area contributed by atoms with E-state index in [9.17, 15) is 13.2 Å². The summed E-state index contributed by atoms with van der Waals surface area (Å²) in [5.74, 6) is 0. The van der Waals surface area contributed by atoms with Crippen LogP contribution in [0.15, 0.2) is 18.2 Å². The van der Waals surface area contributed by atoms with Crippen LogP contribution in [-0.2, 0) is 12.6 Å². The summed E-state index contributed by atoms with van der Waals surface area (Å²) >= 11 is 0. The number of anilines is 1. The molecule has 5 heteroatoms. The van der Waals surface area contributed by atoms with E-state index < -0.39 is 11.7 Å². The Kier molecular flexibility index (Phi) is 4.81. The molecule has 1 aliphatic rings. The molecule has 118 valence electrons. The summed E-state index contributed by atoms with van der Waals surface area (Å²) in [4.78, 5) is 1.92. The van der Waals surface area contributed by atoms with Gasteiger partial charge in [-0.25, -0.2) is 0 Å². The van der Waals surface area contributed by atoms with Gasteiger partial charge >= 0.3 is 6.18 Å². The second-order valence-electron chi connectivity index (χ2n) is 5.96. The van der Waals surface area contributed by atoms with Crippen molar-refractivity contribution in [3.8, 4) is 0 Å². The maximum atomic E-state index is 13.4. The molecule has 1 aromatic carbocycles. The average Bonchev–Trinajstić information content (AvgIpc) is 3.18. The number of benzene rings is 1. The van der Waals surface area contributed by atoms with Crippen LogP contribution in [0, 0.1) is 0 Å². The van der Waals surface area contributed by atoms with E-state index in [4.69, 9.17) is 5.73 Å². The Morgan fingerprint density at radius 1 is 1.33 bits per heavy atom. The highest BCUT2D eigenvalue weighted by atomic mass is 19.4. The molecule has 0 aromatic heterocycles. The summed E-state index contributed by atoms with van der Waals surface area (Å²) in [6, 6.07) is 4.79. The minimum Gasteiger partial charge on any atom is -0.368 e. The third-order valence-corrected chi connectivity index (χ3v) is 3.69. The minimum atomic E-state index is -4.33. The third kappa shape index (κ3) is 4.13. The Hall–Kier alpha value is -1.23. The van der Waals surface area contributed by atoms with Crippen molar-refractivity contribution in [1.82, 2.24) is 0 Å². The van der Waals surface area contributed by atoms with Gasteiger partial charge in [0.15, 0.2) is 0 Å². The van der Waals surface area contributed by atoms with E-state index in [1.165, 1.54) is 6.07 Å². The molecule has 1 unspecified atom stereocenters. The predicted molar refractivity (Wildman–Crippen MR) is 79.5 cm³/mol. The molecular formula is C16H23F3N2. The van der Waals surface area contributed by atoms with Gasteiger partial charge in [-0.05, 0) is 50.3 Å². The van der Waals surface area contributed by atoms with Crippen molar-refractivity contribution in [3.05, 3.63) is 29.3 Å². The molecule has 1 saturated carbocycles. The lowest BCUT2D eigenvalue weighted by Crippen LogP contribution is -2.29. The summed E-state index contributed by atoms with van der Waals surface area (Å²) in [7, 11) is 0. The van der Waals surface area contributed by atoms with E-state index in [0.717, 1.165) is 19.3 Å². The lowest BCUT2D eigenvalue weighted by molar-refractivity contribution is -0.137. The molecule has 1 aromatic rings. The fraction of sp³-hybridized carbons (Fsp3) is 0.625. The number of alkyl halides is 3. The molecule has 0 amide bonds. The van der Waals surface area contributed by atoms with E-state index in [-0.39, 0.29) is 12.1 Å². The van der Waals surface area contributed by atoms with Crippen molar-refractivity contribution >= 4 is 5.69 Å². The average molecular weight is 300 g/mol. The Morgan fingerprint density at radius 2 is 2.00 bits per heavy atom. The molecule has 2 N–H and O–H groups in total. The Morgan fingerprint density at radius 3 is 2.48 bits per heavy atom. The van der Waals surface area contributed by atoms with Crippen molar-refractivity contribution in [2.75, 3.05) is 11.4 Å². The standard InChI is InChI=1S/C16H23F3N2/c1-3-8-21(13-5-6-13)15-7-4-12(9-11(2)20)10-14(15)16(17,18)19/h4,7,10-11,13H,3,5-6,8-9,20H2,1-2H3. The highest BCUT2D eigenvalue weighted by Gasteiger charge is 2.38. The van der Waals surface area contributed by atoms with Gasteiger partial charge in [-0.3, -0.25) is 0 Å². The lowest BCUT2D eigenvalue weighted by Gasteiger charge is -2.28. The molecule has 2 nitrogen and oxygen atoms in total.